The van der Waals surface area contributed by atoms with Gasteiger partial charge in [0.1, 0.15) is 11.0 Å². The minimum Gasteiger partial charge on any atom is -0.301 e. The summed E-state index contributed by atoms with van der Waals surface area (Å²) in [5.74, 6) is -1.91. The molecule has 6 nitrogen and oxygen atoms in total. The van der Waals surface area contributed by atoms with Gasteiger partial charge < -0.3 is 5.32 Å². The molecule has 8 heteroatoms. The second kappa shape index (κ2) is 5.84. The number of aromatic nitrogens is 1. The molecule has 2 aromatic rings. The zero-order chi connectivity index (χ0) is 15.6. The largest absolute Gasteiger partial charge is 0.311 e. The van der Waals surface area contributed by atoms with Crippen molar-refractivity contribution in [3.8, 4) is 0 Å². The van der Waals surface area contributed by atoms with Crippen molar-refractivity contribution in [1.82, 2.24) is 4.98 Å². The normalized spacial score (nSPS) is 10.2. The van der Waals surface area contributed by atoms with Gasteiger partial charge in [-0.1, -0.05) is 23.2 Å². The molecule has 1 N–H and O–H groups in total. The predicted octanol–water partition coefficient (Wildman–Crippen LogP) is 3.34. The Morgan fingerprint density at radius 2 is 2.10 bits per heavy atom. The van der Waals surface area contributed by atoms with Crippen LogP contribution in [0.2, 0.25) is 5.15 Å². The molecule has 1 amide bonds. The minimum absolute atomic E-state index is 0.0272. The predicted molar refractivity (Wildman–Crippen MR) is 75.0 cm³/mol. The van der Waals surface area contributed by atoms with Gasteiger partial charge in [-0.25, -0.2) is 9.37 Å². The Labute approximate surface area is 123 Å². The van der Waals surface area contributed by atoms with Crippen LogP contribution in [0.1, 0.15) is 15.9 Å². The first-order valence-corrected chi connectivity index (χ1v) is 6.14. The number of amides is 1. The van der Waals surface area contributed by atoms with Crippen LogP contribution in [0, 0.1) is 22.9 Å². The molecule has 0 aliphatic rings. The standard InChI is InChI=1S/C13H9ClFN3O3/c1-7-2-3-9(15)8(6-7)13(19)17-12-10(18(20)21)4-5-11(14)16-12/h2-6H,1H3,(H,16,17,19). The highest BCUT2D eigenvalue weighted by Gasteiger charge is 2.20. The molecule has 21 heavy (non-hydrogen) atoms. The van der Waals surface area contributed by atoms with Crippen molar-refractivity contribution < 1.29 is 14.1 Å². The van der Waals surface area contributed by atoms with Gasteiger partial charge in [-0.05, 0) is 25.1 Å². The highest BCUT2D eigenvalue weighted by atomic mass is 35.5. The Kier molecular flexibility index (Phi) is 4.13. The molecule has 1 aromatic heterocycles. The lowest BCUT2D eigenvalue weighted by Gasteiger charge is -2.07. The third-order valence-electron chi connectivity index (χ3n) is 2.64. The van der Waals surface area contributed by atoms with E-state index in [1.807, 2.05) is 0 Å². The number of rotatable bonds is 3. The number of nitrogens with one attached hydrogen (secondary N) is 1. The molecule has 0 fully saturated rings. The van der Waals surface area contributed by atoms with Gasteiger partial charge in [0.25, 0.3) is 5.91 Å². The maximum Gasteiger partial charge on any atom is 0.311 e. The average molecular weight is 310 g/mol. The van der Waals surface area contributed by atoms with E-state index < -0.39 is 22.3 Å². The summed E-state index contributed by atoms with van der Waals surface area (Å²) in [4.78, 5) is 25.9. The summed E-state index contributed by atoms with van der Waals surface area (Å²) in [5, 5.41) is 13.0. The van der Waals surface area contributed by atoms with Crippen LogP contribution < -0.4 is 5.32 Å². The number of anilines is 1. The van der Waals surface area contributed by atoms with Crippen molar-refractivity contribution in [2.24, 2.45) is 0 Å². The zero-order valence-corrected chi connectivity index (χ0v) is 11.5. The molecule has 0 saturated carbocycles. The summed E-state index contributed by atoms with van der Waals surface area (Å²) < 4.78 is 13.6. The summed E-state index contributed by atoms with van der Waals surface area (Å²) >= 11 is 5.65. The van der Waals surface area contributed by atoms with Gasteiger partial charge in [0.15, 0.2) is 0 Å². The third kappa shape index (κ3) is 3.32. The van der Waals surface area contributed by atoms with Crippen LogP contribution in [0.4, 0.5) is 15.9 Å². The number of nitro groups is 1. The number of pyridine rings is 1. The van der Waals surface area contributed by atoms with E-state index in [1.54, 1.807) is 6.92 Å². The summed E-state index contributed by atoms with van der Waals surface area (Å²) in [5.41, 5.74) is 0.0157. The summed E-state index contributed by atoms with van der Waals surface area (Å²) in [6.45, 7) is 1.69. The smallest absolute Gasteiger partial charge is 0.301 e. The highest BCUT2D eigenvalue weighted by Crippen LogP contribution is 2.24. The van der Waals surface area contributed by atoms with E-state index in [4.69, 9.17) is 11.6 Å². The Morgan fingerprint density at radius 3 is 2.76 bits per heavy atom. The van der Waals surface area contributed by atoms with Crippen LogP contribution >= 0.6 is 11.6 Å². The topological polar surface area (TPSA) is 85.1 Å². The molecule has 0 spiro atoms. The van der Waals surface area contributed by atoms with Gasteiger partial charge in [0.2, 0.25) is 5.82 Å². The lowest BCUT2D eigenvalue weighted by Crippen LogP contribution is -2.16. The van der Waals surface area contributed by atoms with Gasteiger partial charge >= 0.3 is 5.69 Å². The van der Waals surface area contributed by atoms with E-state index in [1.165, 1.54) is 18.2 Å². The number of halogens is 2. The molecular formula is C13H9ClFN3O3. The van der Waals surface area contributed by atoms with Gasteiger partial charge in [0, 0.05) is 6.07 Å². The van der Waals surface area contributed by atoms with Crippen molar-refractivity contribution in [2.45, 2.75) is 6.92 Å². The van der Waals surface area contributed by atoms with Crippen molar-refractivity contribution in [2.75, 3.05) is 5.32 Å². The Morgan fingerprint density at radius 1 is 1.38 bits per heavy atom. The lowest BCUT2D eigenvalue weighted by atomic mass is 10.1. The average Bonchev–Trinajstić information content (AvgIpc) is 2.41. The van der Waals surface area contributed by atoms with Crippen LogP contribution in [0.3, 0.4) is 0 Å². The van der Waals surface area contributed by atoms with E-state index >= 15 is 0 Å². The number of carbonyl (C=O) groups excluding carboxylic acids is 1. The molecule has 1 aromatic carbocycles. The van der Waals surface area contributed by atoms with Crippen LogP contribution in [0.15, 0.2) is 30.3 Å². The molecule has 0 unspecified atom stereocenters. The second-order valence-corrected chi connectivity index (χ2v) is 4.58. The molecule has 0 bridgehead atoms. The molecule has 1 heterocycles. The van der Waals surface area contributed by atoms with Gasteiger partial charge in [-0.15, -0.1) is 0 Å². The monoisotopic (exact) mass is 309 g/mol. The van der Waals surface area contributed by atoms with Gasteiger partial charge in [-0.3, -0.25) is 14.9 Å². The van der Waals surface area contributed by atoms with Crippen molar-refractivity contribution in [1.29, 1.82) is 0 Å². The van der Waals surface area contributed by atoms with Gasteiger partial charge in [-0.2, -0.15) is 0 Å². The quantitative estimate of drug-likeness (QED) is 0.535. The van der Waals surface area contributed by atoms with E-state index in [2.05, 4.69) is 10.3 Å². The number of carbonyl (C=O) groups is 1. The Balaban J connectivity index is 2.38. The molecule has 2 rings (SSSR count). The zero-order valence-electron chi connectivity index (χ0n) is 10.8. The minimum atomic E-state index is -0.839. The molecule has 0 aliphatic heterocycles. The Hall–Kier alpha value is -2.54. The number of nitrogens with zero attached hydrogens (tertiary/aromatic N) is 2. The maximum atomic E-state index is 13.6. The number of benzene rings is 1. The second-order valence-electron chi connectivity index (χ2n) is 4.20. The maximum absolute atomic E-state index is 13.6. The molecule has 0 aliphatic carbocycles. The summed E-state index contributed by atoms with van der Waals surface area (Å²) in [6, 6.07) is 6.32. The van der Waals surface area contributed by atoms with E-state index in [-0.39, 0.29) is 16.5 Å². The van der Waals surface area contributed by atoms with E-state index in [0.29, 0.717) is 5.56 Å². The van der Waals surface area contributed by atoms with Crippen LogP contribution in [-0.4, -0.2) is 15.8 Å². The molecule has 0 atom stereocenters. The molecule has 108 valence electrons. The Bertz CT molecular complexity index is 737. The highest BCUT2D eigenvalue weighted by molar-refractivity contribution is 6.29. The van der Waals surface area contributed by atoms with E-state index in [0.717, 1.165) is 12.1 Å². The first kappa shape index (κ1) is 14.9. The lowest BCUT2D eigenvalue weighted by molar-refractivity contribution is -0.384. The number of hydrogen-bond donors (Lipinski definition) is 1. The number of aryl methyl sites for hydroxylation is 1. The van der Waals surface area contributed by atoms with E-state index in [9.17, 15) is 19.3 Å². The first-order valence-electron chi connectivity index (χ1n) is 5.77. The molecular weight excluding hydrogens is 301 g/mol. The fourth-order valence-corrected chi connectivity index (χ4v) is 1.80. The summed E-state index contributed by atoms with van der Waals surface area (Å²) in [7, 11) is 0. The first-order chi connectivity index (χ1) is 9.88. The van der Waals surface area contributed by atoms with Gasteiger partial charge in [0.05, 0.1) is 10.5 Å². The molecule has 0 saturated heterocycles. The third-order valence-corrected chi connectivity index (χ3v) is 2.85. The van der Waals surface area contributed by atoms with Crippen LogP contribution in [-0.2, 0) is 0 Å². The fourth-order valence-electron chi connectivity index (χ4n) is 1.66. The van der Waals surface area contributed by atoms with Crippen molar-refractivity contribution in [3.63, 3.8) is 0 Å². The molecule has 0 radical (unpaired) electrons. The van der Waals surface area contributed by atoms with Crippen LogP contribution in [0.25, 0.3) is 0 Å². The fraction of sp³-hybridized carbons (Fsp3) is 0.0769. The SMILES string of the molecule is Cc1ccc(F)c(C(=O)Nc2nc(Cl)ccc2[N+](=O)[O-])c1. The summed E-state index contributed by atoms with van der Waals surface area (Å²) in [6.07, 6.45) is 0. The van der Waals surface area contributed by atoms with Crippen molar-refractivity contribution >= 4 is 29.0 Å². The van der Waals surface area contributed by atoms with Crippen molar-refractivity contribution in [3.05, 3.63) is 62.5 Å². The number of hydrogen-bond acceptors (Lipinski definition) is 4. The van der Waals surface area contributed by atoms with Crippen LogP contribution in [0.5, 0.6) is 0 Å².